The molecule has 0 spiro atoms. The maximum absolute atomic E-state index is 9.47. The summed E-state index contributed by atoms with van der Waals surface area (Å²) in [4.78, 5) is 0. The minimum atomic E-state index is -1.49. The molecule has 2 N–H and O–H groups in total. The molecule has 3 rings (SSSR count). The molecule has 0 unspecified atom stereocenters. The van der Waals surface area contributed by atoms with Crippen molar-refractivity contribution in [2.45, 2.75) is 26.2 Å². The summed E-state index contributed by atoms with van der Waals surface area (Å²) in [5.74, 6) is 0. The standard InChI is InChI=1S/C22H23BO2/c1-5-15(13-17(6-2)23(24)25)16-11-12-19-18-9-7-8-10-20(18)22(3,4)21(19)14-16/h5-14,24-25H,1H2,2-4H3/b15-13+,17-6+. The monoisotopic (exact) mass is 330 g/mol. The first-order valence-corrected chi connectivity index (χ1v) is 8.51. The highest BCUT2D eigenvalue weighted by Crippen LogP contribution is 2.49. The predicted octanol–water partition coefficient (Wildman–Crippen LogP) is 4.52. The molecule has 25 heavy (non-hydrogen) atoms. The Morgan fingerprint density at radius 3 is 2.36 bits per heavy atom. The molecule has 2 aromatic rings. The second-order valence-corrected chi connectivity index (χ2v) is 6.90. The SMILES string of the molecule is C=C/C(=C\C(=C/C)B(O)O)c1ccc2c(c1)C(C)(C)c1ccccc1-2. The van der Waals surface area contributed by atoms with Crippen LogP contribution in [-0.2, 0) is 5.41 Å². The molecule has 0 saturated heterocycles. The van der Waals surface area contributed by atoms with Crippen LogP contribution in [-0.4, -0.2) is 17.2 Å². The van der Waals surface area contributed by atoms with Crippen LogP contribution in [0.5, 0.6) is 0 Å². The van der Waals surface area contributed by atoms with Crippen molar-refractivity contribution in [3.05, 3.63) is 89.4 Å². The van der Waals surface area contributed by atoms with E-state index in [9.17, 15) is 10.0 Å². The van der Waals surface area contributed by atoms with Gasteiger partial charge in [-0.25, -0.2) is 0 Å². The molecule has 0 amide bonds. The van der Waals surface area contributed by atoms with Gasteiger partial charge < -0.3 is 10.0 Å². The van der Waals surface area contributed by atoms with Gasteiger partial charge in [0.1, 0.15) is 0 Å². The molecule has 1 aliphatic rings. The number of hydrogen-bond donors (Lipinski definition) is 2. The largest absolute Gasteiger partial charge is 0.488 e. The third-order valence-corrected chi connectivity index (χ3v) is 5.09. The molecule has 126 valence electrons. The number of rotatable bonds is 4. The van der Waals surface area contributed by atoms with Crippen LogP contribution in [0.1, 0.15) is 37.5 Å². The van der Waals surface area contributed by atoms with Gasteiger partial charge in [-0.15, -0.1) is 0 Å². The predicted molar refractivity (Wildman–Crippen MR) is 106 cm³/mol. The van der Waals surface area contributed by atoms with Crippen LogP contribution in [0.25, 0.3) is 16.7 Å². The Morgan fingerprint density at radius 2 is 1.72 bits per heavy atom. The van der Waals surface area contributed by atoms with E-state index in [1.807, 2.05) is 0 Å². The van der Waals surface area contributed by atoms with Crippen molar-refractivity contribution in [1.82, 2.24) is 0 Å². The third kappa shape index (κ3) is 2.90. The molecule has 1 aliphatic carbocycles. The van der Waals surface area contributed by atoms with Crippen LogP contribution in [0.15, 0.2) is 72.7 Å². The fraction of sp³-hybridized carbons (Fsp3) is 0.182. The lowest BCUT2D eigenvalue weighted by Crippen LogP contribution is -2.15. The van der Waals surface area contributed by atoms with Crippen LogP contribution in [0, 0.1) is 0 Å². The van der Waals surface area contributed by atoms with Gasteiger partial charge in [-0.2, -0.15) is 0 Å². The zero-order valence-corrected chi connectivity index (χ0v) is 15.0. The van der Waals surface area contributed by atoms with Gasteiger partial charge >= 0.3 is 7.12 Å². The summed E-state index contributed by atoms with van der Waals surface area (Å²) in [6.07, 6.45) is 5.22. The van der Waals surface area contributed by atoms with E-state index in [0.717, 1.165) is 11.1 Å². The Morgan fingerprint density at radius 1 is 1.04 bits per heavy atom. The summed E-state index contributed by atoms with van der Waals surface area (Å²) in [5, 5.41) is 18.9. The van der Waals surface area contributed by atoms with Gasteiger partial charge in [-0.05, 0) is 51.9 Å². The van der Waals surface area contributed by atoms with Gasteiger partial charge in [0, 0.05) is 5.41 Å². The molecule has 2 nitrogen and oxygen atoms in total. The van der Waals surface area contributed by atoms with Crippen LogP contribution < -0.4 is 0 Å². The third-order valence-electron chi connectivity index (χ3n) is 5.09. The molecule has 0 saturated carbocycles. The second-order valence-electron chi connectivity index (χ2n) is 6.90. The van der Waals surface area contributed by atoms with Gasteiger partial charge in [-0.3, -0.25) is 0 Å². The van der Waals surface area contributed by atoms with Crippen molar-refractivity contribution < 1.29 is 10.0 Å². The van der Waals surface area contributed by atoms with E-state index in [4.69, 9.17) is 0 Å². The van der Waals surface area contributed by atoms with E-state index >= 15 is 0 Å². The van der Waals surface area contributed by atoms with Crippen molar-refractivity contribution in [2.24, 2.45) is 0 Å². The maximum atomic E-state index is 9.47. The van der Waals surface area contributed by atoms with Crippen molar-refractivity contribution in [3.8, 4) is 11.1 Å². The topological polar surface area (TPSA) is 40.5 Å². The first-order chi connectivity index (χ1) is 11.9. The first-order valence-electron chi connectivity index (χ1n) is 8.51. The molecule has 0 atom stereocenters. The molecule has 0 fully saturated rings. The molecule has 3 heteroatoms. The van der Waals surface area contributed by atoms with E-state index in [0.29, 0.717) is 5.47 Å². The molecule has 0 bridgehead atoms. The number of benzene rings is 2. The highest BCUT2D eigenvalue weighted by Gasteiger charge is 2.35. The van der Waals surface area contributed by atoms with Gasteiger partial charge in [0.25, 0.3) is 0 Å². The smallest absolute Gasteiger partial charge is 0.423 e. The van der Waals surface area contributed by atoms with Gasteiger partial charge in [0.15, 0.2) is 0 Å². The Hall–Kier alpha value is -2.36. The second kappa shape index (κ2) is 6.51. The average Bonchev–Trinajstić information content (AvgIpc) is 2.84. The molecular weight excluding hydrogens is 307 g/mol. The summed E-state index contributed by atoms with van der Waals surface area (Å²) in [6, 6.07) is 14.9. The molecule has 2 aromatic carbocycles. The summed E-state index contributed by atoms with van der Waals surface area (Å²) in [7, 11) is -1.49. The molecule has 0 aliphatic heterocycles. The zero-order chi connectivity index (χ0) is 18.2. The number of allylic oxidation sites excluding steroid dienone is 5. The Kier molecular flexibility index (Phi) is 4.55. The molecular formula is C22H23BO2. The lowest BCUT2D eigenvalue weighted by atomic mass is 9.77. The van der Waals surface area contributed by atoms with Gasteiger partial charge in [-0.1, -0.05) is 75.1 Å². The summed E-state index contributed by atoms with van der Waals surface area (Å²) < 4.78 is 0. The van der Waals surface area contributed by atoms with Crippen molar-refractivity contribution in [1.29, 1.82) is 0 Å². The van der Waals surface area contributed by atoms with Gasteiger partial charge in [0.05, 0.1) is 0 Å². The van der Waals surface area contributed by atoms with Gasteiger partial charge in [0.2, 0.25) is 0 Å². The van der Waals surface area contributed by atoms with Crippen molar-refractivity contribution in [3.63, 3.8) is 0 Å². The van der Waals surface area contributed by atoms with Crippen LogP contribution >= 0.6 is 0 Å². The molecule has 0 aromatic heterocycles. The minimum absolute atomic E-state index is 0.0614. The van der Waals surface area contributed by atoms with Crippen LogP contribution in [0.2, 0.25) is 0 Å². The maximum Gasteiger partial charge on any atom is 0.488 e. The lowest BCUT2D eigenvalue weighted by Gasteiger charge is -2.22. The van der Waals surface area contributed by atoms with E-state index in [-0.39, 0.29) is 5.41 Å². The zero-order valence-electron chi connectivity index (χ0n) is 15.0. The van der Waals surface area contributed by atoms with Crippen molar-refractivity contribution in [2.75, 3.05) is 0 Å². The minimum Gasteiger partial charge on any atom is -0.423 e. The summed E-state index contributed by atoms with van der Waals surface area (Å²) in [5.41, 5.74) is 7.47. The van der Waals surface area contributed by atoms with Crippen LogP contribution in [0.3, 0.4) is 0 Å². The first kappa shape index (κ1) is 17.5. The molecule has 0 heterocycles. The molecule has 0 radical (unpaired) electrons. The fourth-order valence-corrected chi connectivity index (χ4v) is 3.63. The summed E-state index contributed by atoms with van der Waals surface area (Å²) in [6.45, 7) is 10.2. The lowest BCUT2D eigenvalue weighted by molar-refractivity contribution is 0.420. The Bertz CT molecular complexity index is 889. The van der Waals surface area contributed by atoms with E-state index in [1.165, 1.54) is 22.3 Å². The quantitative estimate of drug-likeness (QED) is 0.639. The summed E-state index contributed by atoms with van der Waals surface area (Å²) >= 11 is 0. The van der Waals surface area contributed by atoms with Crippen molar-refractivity contribution >= 4 is 12.7 Å². The van der Waals surface area contributed by atoms with E-state index in [2.05, 4.69) is 62.9 Å². The highest BCUT2D eigenvalue weighted by atomic mass is 16.4. The normalized spacial score (nSPS) is 15.6. The highest BCUT2D eigenvalue weighted by molar-refractivity contribution is 6.52. The Balaban J connectivity index is 2.13. The van der Waals surface area contributed by atoms with E-state index in [1.54, 1.807) is 25.2 Å². The Labute approximate surface area is 150 Å². The fourth-order valence-electron chi connectivity index (χ4n) is 3.63. The number of hydrogen-bond acceptors (Lipinski definition) is 2. The average molecular weight is 330 g/mol. The van der Waals surface area contributed by atoms with E-state index < -0.39 is 7.12 Å². The van der Waals surface area contributed by atoms with Crippen LogP contribution in [0.4, 0.5) is 0 Å². The number of fused-ring (bicyclic) bond motifs is 3.